The van der Waals surface area contributed by atoms with Crippen molar-refractivity contribution in [3.05, 3.63) is 70.6 Å². The molecule has 5 nitrogen and oxygen atoms in total. The van der Waals surface area contributed by atoms with Gasteiger partial charge in [-0.05, 0) is 6.07 Å². The molecule has 0 bridgehead atoms. The fraction of sp³-hybridized carbons (Fsp3) is 0. The molecule has 0 aliphatic rings. The van der Waals surface area contributed by atoms with Gasteiger partial charge in [-0.1, -0.05) is 36.4 Å². The molecule has 0 saturated heterocycles. The third-order valence-corrected chi connectivity index (χ3v) is 2.19. The molecule has 18 heavy (non-hydrogen) atoms. The summed E-state index contributed by atoms with van der Waals surface area (Å²) in [6, 6.07) is 12.2. The second-order valence-electron chi connectivity index (χ2n) is 3.44. The van der Waals surface area contributed by atoms with Gasteiger partial charge in [0.15, 0.2) is 0 Å². The number of Topliss-reactive ketones (excluding diaryl/α,β-unsaturated/α-hetero) is 1. The van der Waals surface area contributed by atoms with Gasteiger partial charge in [-0.25, -0.2) is 4.79 Å². The maximum absolute atomic E-state index is 11.7. The normalized spacial score (nSPS) is 9.78. The molecule has 5 heteroatoms. The van der Waals surface area contributed by atoms with Gasteiger partial charge in [0.25, 0.3) is 11.3 Å². The Morgan fingerprint density at radius 3 is 2.28 bits per heavy atom. The molecule has 0 N–H and O–H groups in total. The Kier molecular flexibility index (Phi) is 3.33. The fourth-order valence-electron chi connectivity index (χ4n) is 1.33. The van der Waals surface area contributed by atoms with E-state index in [2.05, 4.69) is 4.84 Å². The SMILES string of the molecule is O=C(On1ccccc1=O)C(=O)c1ccccc1. The lowest BCUT2D eigenvalue weighted by molar-refractivity contribution is -0.139. The smallest absolute Gasteiger partial charge is 0.325 e. The molecule has 1 heterocycles. The van der Waals surface area contributed by atoms with Gasteiger partial charge in [0, 0.05) is 17.8 Å². The first kappa shape index (κ1) is 11.8. The molecule has 90 valence electrons. The number of ketones is 1. The average molecular weight is 243 g/mol. The predicted molar refractivity (Wildman–Crippen MR) is 63.1 cm³/mol. The van der Waals surface area contributed by atoms with E-state index in [4.69, 9.17) is 0 Å². The number of aromatic nitrogens is 1. The maximum Gasteiger partial charge on any atom is 0.404 e. The Bertz CT molecular complexity index is 631. The van der Waals surface area contributed by atoms with E-state index in [-0.39, 0.29) is 5.56 Å². The van der Waals surface area contributed by atoms with Crippen molar-refractivity contribution in [2.24, 2.45) is 0 Å². The van der Waals surface area contributed by atoms with E-state index >= 15 is 0 Å². The lowest BCUT2D eigenvalue weighted by Crippen LogP contribution is -2.33. The monoisotopic (exact) mass is 243 g/mol. The van der Waals surface area contributed by atoms with Crippen LogP contribution in [0.3, 0.4) is 0 Å². The summed E-state index contributed by atoms with van der Waals surface area (Å²) in [6.45, 7) is 0. The molecule has 0 atom stereocenters. The molecule has 0 radical (unpaired) electrons. The first-order valence-electron chi connectivity index (χ1n) is 5.18. The average Bonchev–Trinajstić information content (AvgIpc) is 2.41. The number of carbonyl (C=O) groups excluding carboxylic acids is 2. The van der Waals surface area contributed by atoms with Gasteiger partial charge >= 0.3 is 5.97 Å². The Balaban J connectivity index is 2.17. The first-order chi connectivity index (χ1) is 8.68. The summed E-state index contributed by atoms with van der Waals surface area (Å²) in [5.74, 6) is -1.90. The lowest BCUT2D eigenvalue weighted by Gasteiger charge is -2.04. The van der Waals surface area contributed by atoms with Gasteiger partial charge in [0.2, 0.25) is 0 Å². The van der Waals surface area contributed by atoms with E-state index in [1.165, 1.54) is 36.5 Å². The van der Waals surface area contributed by atoms with Crippen LogP contribution in [0.4, 0.5) is 0 Å². The highest BCUT2D eigenvalue weighted by molar-refractivity contribution is 6.40. The van der Waals surface area contributed by atoms with Crippen LogP contribution in [-0.4, -0.2) is 16.5 Å². The quantitative estimate of drug-likeness (QED) is 0.587. The fourth-order valence-corrected chi connectivity index (χ4v) is 1.33. The van der Waals surface area contributed by atoms with Crippen LogP contribution in [-0.2, 0) is 4.79 Å². The minimum Gasteiger partial charge on any atom is -0.325 e. The standard InChI is InChI=1S/C13H9NO4/c15-11-8-4-5-9-14(11)18-13(17)12(16)10-6-2-1-3-7-10/h1-9H. The largest absolute Gasteiger partial charge is 0.404 e. The molecule has 0 amide bonds. The maximum atomic E-state index is 11.7. The first-order valence-corrected chi connectivity index (χ1v) is 5.18. The minimum absolute atomic E-state index is 0.214. The molecule has 1 aromatic heterocycles. The van der Waals surface area contributed by atoms with Crippen molar-refractivity contribution in [1.29, 1.82) is 0 Å². The summed E-state index contributed by atoms with van der Waals surface area (Å²) in [4.78, 5) is 39.2. The molecule has 2 rings (SSSR count). The van der Waals surface area contributed by atoms with Crippen LogP contribution in [0.5, 0.6) is 0 Å². The summed E-state index contributed by atoms with van der Waals surface area (Å²) in [5, 5.41) is 0. The summed E-state index contributed by atoms with van der Waals surface area (Å²) < 4.78 is 0.711. The molecule has 0 aliphatic heterocycles. The third kappa shape index (κ3) is 2.52. The van der Waals surface area contributed by atoms with Gasteiger partial charge in [0.1, 0.15) is 0 Å². The Morgan fingerprint density at radius 2 is 1.61 bits per heavy atom. The summed E-state index contributed by atoms with van der Waals surface area (Å²) in [5.41, 5.74) is -0.307. The molecular formula is C13H9NO4. The van der Waals surface area contributed by atoms with E-state index in [1.54, 1.807) is 18.2 Å². The third-order valence-electron chi connectivity index (χ3n) is 2.19. The molecule has 0 spiro atoms. The van der Waals surface area contributed by atoms with E-state index in [0.29, 0.717) is 4.73 Å². The molecular weight excluding hydrogens is 234 g/mol. The highest BCUT2D eigenvalue weighted by Crippen LogP contribution is 2.00. The van der Waals surface area contributed by atoms with Crippen molar-refractivity contribution in [1.82, 2.24) is 4.73 Å². The topological polar surface area (TPSA) is 65.4 Å². The second kappa shape index (κ2) is 5.09. The van der Waals surface area contributed by atoms with Crippen LogP contribution >= 0.6 is 0 Å². The summed E-state index contributed by atoms with van der Waals surface area (Å²) in [7, 11) is 0. The number of hydrogen-bond acceptors (Lipinski definition) is 4. The molecule has 2 aromatic rings. The number of rotatable bonds is 3. The van der Waals surface area contributed by atoms with Crippen LogP contribution in [0, 0.1) is 0 Å². The van der Waals surface area contributed by atoms with Gasteiger partial charge in [-0.3, -0.25) is 9.59 Å². The number of benzene rings is 1. The number of hydrogen-bond donors (Lipinski definition) is 0. The van der Waals surface area contributed by atoms with Gasteiger partial charge in [-0.2, -0.15) is 0 Å². The van der Waals surface area contributed by atoms with Gasteiger partial charge in [-0.15, -0.1) is 4.73 Å². The van der Waals surface area contributed by atoms with E-state index in [1.807, 2.05) is 0 Å². The lowest BCUT2D eigenvalue weighted by atomic mass is 10.1. The van der Waals surface area contributed by atoms with Gasteiger partial charge < -0.3 is 4.84 Å². The number of carbonyl (C=O) groups is 2. The summed E-state index contributed by atoms with van der Waals surface area (Å²) >= 11 is 0. The minimum atomic E-state index is -1.10. The van der Waals surface area contributed by atoms with E-state index in [0.717, 1.165) is 0 Å². The van der Waals surface area contributed by atoms with Crippen LogP contribution in [0.15, 0.2) is 59.5 Å². The van der Waals surface area contributed by atoms with Crippen LogP contribution in [0.2, 0.25) is 0 Å². The van der Waals surface area contributed by atoms with Crippen LogP contribution in [0.25, 0.3) is 0 Å². The number of nitrogens with zero attached hydrogens (tertiary/aromatic N) is 1. The Labute approximate surface area is 102 Å². The van der Waals surface area contributed by atoms with E-state index < -0.39 is 17.3 Å². The molecule has 1 aromatic carbocycles. The zero-order chi connectivity index (χ0) is 13.0. The highest BCUT2D eigenvalue weighted by Gasteiger charge is 2.18. The van der Waals surface area contributed by atoms with Gasteiger partial charge in [0.05, 0.1) is 0 Å². The predicted octanol–water partition coefficient (Wildman–Crippen LogP) is 0.686. The van der Waals surface area contributed by atoms with E-state index in [9.17, 15) is 14.4 Å². The van der Waals surface area contributed by atoms with Crippen LogP contribution < -0.4 is 10.4 Å². The molecule has 0 saturated carbocycles. The second-order valence-corrected chi connectivity index (χ2v) is 3.44. The highest BCUT2D eigenvalue weighted by atomic mass is 16.7. The number of pyridine rings is 1. The van der Waals surface area contributed by atoms with Crippen molar-refractivity contribution in [2.75, 3.05) is 0 Å². The van der Waals surface area contributed by atoms with Crippen molar-refractivity contribution in [2.45, 2.75) is 0 Å². The molecule has 0 fully saturated rings. The Morgan fingerprint density at radius 1 is 0.944 bits per heavy atom. The van der Waals surface area contributed by atoms with Crippen molar-refractivity contribution < 1.29 is 14.4 Å². The summed E-state index contributed by atoms with van der Waals surface area (Å²) in [6.07, 6.45) is 1.26. The molecule has 0 unspecified atom stereocenters. The Hall–Kier alpha value is -2.69. The van der Waals surface area contributed by atoms with Crippen molar-refractivity contribution >= 4 is 11.8 Å². The zero-order valence-corrected chi connectivity index (χ0v) is 9.28. The van der Waals surface area contributed by atoms with Crippen molar-refractivity contribution in [3.63, 3.8) is 0 Å². The van der Waals surface area contributed by atoms with Crippen molar-refractivity contribution in [3.8, 4) is 0 Å². The molecule has 0 aliphatic carbocycles. The zero-order valence-electron chi connectivity index (χ0n) is 9.28. The van der Waals surface area contributed by atoms with Crippen LogP contribution in [0.1, 0.15) is 10.4 Å².